The van der Waals surface area contributed by atoms with E-state index >= 15 is 0 Å². The van der Waals surface area contributed by atoms with Gasteiger partial charge in [0, 0.05) is 43.2 Å². The standard InChI is InChI=1S/C19H20N4O3S/c1-2-15(25-13-3-5-24-10-13)16-17(14(1)18-20-4-6-27-18)26-19(22-16)23-8-11-7-12(9-23)21-11/h1-2,4,6,11-13,21H,3,5,7-10H2/t11?,12?,13-/m0/s1. The predicted octanol–water partition coefficient (Wildman–Crippen LogP) is 2.67. The number of ether oxygens (including phenoxy) is 2. The lowest BCUT2D eigenvalue weighted by molar-refractivity contribution is 0.142. The number of nitrogens with zero attached hydrogens (tertiary/aromatic N) is 3. The Hall–Kier alpha value is -2.16. The number of piperidine rings is 1. The first-order valence-corrected chi connectivity index (χ1v) is 10.3. The summed E-state index contributed by atoms with van der Waals surface area (Å²) in [5, 5.41) is 6.45. The Morgan fingerprint density at radius 2 is 2.15 bits per heavy atom. The second kappa shape index (κ2) is 6.19. The number of nitrogens with one attached hydrogen (secondary N) is 1. The largest absolute Gasteiger partial charge is 0.486 e. The minimum absolute atomic E-state index is 0.0749. The van der Waals surface area contributed by atoms with Gasteiger partial charge in [0.2, 0.25) is 0 Å². The number of aromatic nitrogens is 2. The SMILES string of the molecule is c1csc(-c2ccc(O[C@H]3CCOC3)c3nc(N4CC5CC(C4)N5)oc23)n1. The first-order valence-electron chi connectivity index (χ1n) is 9.42. The van der Waals surface area contributed by atoms with Gasteiger partial charge in [-0.25, -0.2) is 4.98 Å². The number of hydrogen-bond donors (Lipinski definition) is 1. The first kappa shape index (κ1) is 15.9. The van der Waals surface area contributed by atoms with E-state index in [0.717, 1.165) is 53.5 Å². The molecule has 0 saturated carbocycles. The Balaban J connectivity index is 1.43. The van der Waals surface area contributed by atoms with Gasteiger partial charge in [0.15, 0.2) is 11.1 Å². The van der Waals surface area contributed by atoms with Crippen molar-refractivity contribution in [2.24, 2.45) is 0 Å². The highest BCUT2D eigenvalue weighted by Gasteiger charge is 2.38. The molecular formula is C19H20N4O3S. The van der Waals surface area contributed by atoms with Crippen LogP contribution >= 0.6 is 11.3 Å². The van der Waals surface area contributed by atoms with Crippen LogP contribution in [0.25, 0.3) is 21.7 Å². The zero-order chi connectivity index (χ0) is 17.8. The molecule has 0 radical (unpaired) electrons. The van der Waals surface area contributed by atoms with Crippen molar-refractivity contribution in [1.82, 2.24) is 15.3 Å². The van der Waals surface area contributed by atoms with Gasteiger partial charge in [0.25, 0.3) is 6.01 Å². The molecule has 4 aliphatic heterocycles. The van der Waals surface area contributed by atoms with Crippen LogP contribution in [0.1, 0.15) is 12.8 Å². The van der Waals surface area contributed by atoms with Crippen LogP contribution < -0.4 is 15.0 Å². The molecule has 0 spiro atoms. The summed E-state index contributed by atoms with van der Waals surface area (Å²) in [5.41, 5.74) is 2.49. The van der Waals surface area contributed by atoms with E-state index in [4.69, 9.17) is 18.9 Å². The molecule has 2 bridgehead atoms. The molecule has 140 valence electrons. The third-order valence-electron chi connectivity index (χ3n) is 5.53. The average molecular weight is 384 g/mol. The van der Waals surface area contributed by atoms with E-state index in [1.54, 1.807) is 11.3 Å². The van der Waals surface area contributed by atoms with Gasteiger partial charge in [-0.3, -0.25) is 0 Å². The van der Waals surface area contributed by atoms with Crippen LogP contribution in [0, 0.1) is 0 Å². The van der Waals surface area contributed by atoms with Crippen LogP contribution in [0.5, 0.6) is 5.75 Å². The second-order valence-corrected chi connectivity index (χ2v) is 8.32. The summed E-state index contributed by atoms with van der Waals surface area (Å²) in [6.07, 6.45) is 4.04. The van der Waals surface area contributed by atoms with Gasteiger partial charge in [0.1, 0.15) is 16.9 Å². The van der Waals surface area contributed by atoms with Crippen LogP contribution in [-0.4, -0.2) is 54.5 Å². The van der Waals surface area contributed by atoms with E-state index in [9.17, 15) is 0 Å². The van der Waals surface area contributed by atoms with E-state index in [1.165, 1.54) is 6.42 Å². The van der Waals surface area contributed by atoms with Crippen LogP contribution in [0.15, 0.2) is 28.1 Å². The predicted molar refractivity (Wildman–Crippen MR) is 103 cm³/mol. The molecule has 4 saturated heterocycles. The Kier molecular flexibility index (Phi) is 3.63. The fourth-order valence-electron chi connectivity index (χ4n) is 4.18. The van der Waals surface area contributed by atoms with Gasteiger partial charge < -0.3 is 24.1 Å². The second-order valence-electron chi connectivity index (χ2n) is 7.43. The zero-order valence-corrected chi connectivity index (χ0v) is 15.6. The van der Waals surface area contributed by atoms with Gasteiger partial charge in [-0.2, -0.15) is 4.98 Å². The molecule has 1 N–H and O–H groups in total. The van der Waals surface area contributed by atoms with Crippen molar-refractivity contribution in [3.05, 3.63) is 23.7 Å². The van der Waals surface area contributed by atoms with Crippen LogP contribution in [0.3, 0.4) is 0 Å². The maximum absolute atomic E-state index is 6.28. The minimum Gasteiger partial charge on any atom is -0.486 e. The van der Waals surface area contributed by atoms with Crippen molar-refractivity contribution in [2.45, 2.75) is 31.0 Å². The maximum atomic E-state index is 6.28. The van der Waals surface area contributed by atoms with Gasteiger partial charge in [-0.05, 0) is 18.6 Å². The van der Waals surface area contributed by atoms with Gasteiger partial charge in [-0.15, -0.1) is 11.3 Å². The number of benzene rings is 1. The first-order chi connectivity index (χ1) is 13.3. The lowest BCUT2D eigenvalue weighted by Gasteiger charge is -2.47. The minimum atomic E-state index is 0.0749. The summed E-state index contributed by atoms with van der Waals surface area (Å²) in [7, 11) is 0. The Morgan fingerprint density at radius 1 is 1.26 bits per heavy atom. The number of hydrogen-bond acceptors (Lipinski definition) is 8. The van der Waals surface area contributed by atoms with Crippen LogP contribution in [-0.2, 0) is 4.74 Å². The van der Waals surface area contributed by atoms with Crippen LogP contribution in [0.2, 0.25) is 0 Å². The molecule has 3 atom stereocenters. The third kappa shape index (κ3) is 2.70. The highest BCUT2D eigenvalue weighted by atomic mass is 32.1. The topological polar surface area (TPSA) is 72.7 Å². The van der Waals surface area contributed by atoms with E-state index in [-0.39, 0.29) is 6.10 Å². The molecule has 0 amide bonds. The molecule has 4 fully saturated rings. The van der Waals surface area contributed by atoms with E-state index in [2.05, 4.69) is 15.2 Å². The quantitative estimate of drug-likeness (QED) is 0.741. The molecule has 27 heavy (non-hydrogen) atoms. The lowest BCUT2D eigenvalue weighted by atomic mass is 9.92. The monoisotopic (exact) mass is 384 g/mol. The molecule has 7 rings (SSSR count). The highest BCUT2D eigenvalue weighted by Crippen LogP contribution is 2.39. The molecule has 0 aliphatic carbocycles. The van der Waals surface area contributed by atoms with Gasteiger partial charge >= 0.3 is 0 Å². The van der Waals surface area contributed by atoms with Gasteiger partial charge in [-0.1, -0.05) is 0 Å². The van der Waals surface area contributed by atoms with Crippen LogP contribution in [0.4, 0.5) is 6.01 Å². The number of anilines is 1. The Morgan fingerprint density at radius 3 is 2.89 bits per heavy atom. The van der Waals surface area contributed by atoms with E-state index in [0.29, 0.717) is 24.7 Å². The van der Waals surface area contributed by atoms with E-state index in [1.807, 2.05) is 23.7 Å². The molecule has 8 heteroatoms. The summed E-state index contributed by atoms with van der Waals surface area (Å²) in [4.78, 5) is 11.5. The zero-order valence-electron chi connectivity index (χ0n) is 14.8. The van der Waals surface area contributed by atoms with E-state index < -0.39 is 0 Å². The molecule has 2 aromatic heterocycles. The number of piperazine rings is 1. The number of rotatable bonds is 4. The normalized spacial score (nSPS) is 27.1. The van der Waals surface area contributed by atoms with Crippen molar-refractivity contribution in [1.29, 1.82) is 0 Å². The summed E-state index contributed by atoms with van der Waals surface area (Å²) < 4.78 is 17.9. The molecule has 2 unspecified atom stereocenters. The molecule has 1 aromatic carbocycles. The molecular weight excluding hydrogens is 364 g/mol. The lowest BCUT2D eigenvalue weighted by Crippen LogP contribution is -2.67. The van der Waals surface area contributed by atoms with Gasteiger partial charge in [0.05, 0.1) is 18.8 Å². The smallest absolute Gasteiger partial charge is 0.298 e. The van der Waals surface area contributed by atoms with Crippen molar-refractivity contribution in [2.75, 3.05) is 31.2 Å². The molecule has 3 aromatic rings. The summed E-state index contributed by atoms with van der Waals surface area (Å²) in [6, 6.07) is 5.78. The van der Waals surface area contributed by atoms with Crippen molar-refractivity contribution >= 4 is 28.5 Å². The summed E-state index contributed by atoms with van der Waals surface area (Å²) in [5.74, 6) is 0.760. The number of fused-ring (bicyclic) bond motifs is 3. The number of oxazole rings is 1. The van der Waals surface area contributed by atoms with Crippen molar-refractivity contribution in [3.8, 4) is 16.3 Å². The fourth-order valence-corrected chi connectivity index (χ4v) is 4.84. The fraction of sp³-hybridized carbons (Fsp3) is 0.474. The Bertz CT molecular complexity index is 951. The summed E-state index contributed by atoms with van der Waals surface area (Å²) >= 11 is 1.60. The van der Waals surface area contributed by atoms with Crippen molar-refractivity contribution < 1.29 is 13.9 Å². The Labute approximate surface area is 160 Å². The third-order valence-corrected chi connectivity index (χ3v) is 6.34. The maximum Gasteiger partial charge on any atom is 0.298 e. The summed E-state index contributed by atoms with van der Waals surface area (Å²) in [6.45, 7) is 3.24. The highest BCUT2D eigenvalue weighted by molar-refractivity contribution is 7.13. The molecule has 6 heterocycles. The average Bonchev–Trinajstić information content (AvgIpc) is 3.43. The molecule has 7 nitrogen and oxygen atoms in total. The van der Waals surface area contributed by atoms with Crippen molar-refractivity contribution in [3.63, 3.8) is 0 Å². The number of thiazole rings is 1. The molecule has 4 aliphatic rings.